The molecule has 1 aromatic carbocycles. The molecule has 8 heteroatoms. The van der Waals surface area contributed by atoms with Crippen molar-refractivity contribution in [2.24, 2.45) is 5.73 Å². The van der Waals surface area contributed by atoms with Crippen molar-refractivity contribution in [1.29, 1.82) is 0 Å². The van der Waals surface area contributed by atoms with E-state index in [4.69, 9.17) is 29.4 Å². The van der Waals surface area contributed by atoms with Crippen LogP contribution in [0.15, 0.2) is 24.3 Å². The summed E-state index contributed by atoms with van der Waals surface area (Å²) in [5.41, 5.74) is 5.78. The van der Waals surface area contributed by atoms with E-state index in [1.54, 1.807) is 24.3 Å². The van der Waals surface area contributed by atoms with Crippen LogP contribution in [0, 0.1) is 0 Å². The predicted molar refractivity (Wildman–Crippen MR) is 95.6 cm³/mol. The number of hydrogen-bond acceptors (Lipinski definition) is 8. The minimum absolute atomic E-state index is 0.370. The van der Waals surface area contributed by atoms with E-state index >= 15 is 0 Å². The van der Waals surface area contributed by atoms with Crippen molar-refractivity contribution in [3.05, 3.63) is 29.8 Å². The van der Waals surface area contributed by atoms with Gasteiger partial charge in [-0.3, -0.25) is 0 Å². The maximum Gasteiger partial charge on any atom is 0.337 e. The van der Waals surface area contributed by atoms with Gasteiger partial charge in [0.15, 0.2) is 0 Å². The van der Waals surface area contributed by atoms with Gasteiger partial charge < -0.3 is 34.2 Å². The first kappa shape index (κ1) is 22.3. The fourth-order valence-electron chi connectivity index (χ4n) is 1.87. The zero-order chi connectivity index (χ0) is 18.9. The van der Waals surface area contributed by atoms with Gasteiger partial charge in [0, 0.05) is 6.54 Å². The molecule has 26 heavy (non-hydrogen) atoms. The molecule has 2 N–H and O–H groups in total. The molecule has 0 fully saturated rings. The summed E-state index contributed by atoms with van der Waals surface area (Å²) >= 11 is 0. The number of benzene rings is 1. The Morgan fingerprint density at radius 3 is 1.69 bits per heavy atom. The van der Waals surface area contributed by atoms with Crippen LogP contribution in [0.5, 0.6) is 5.75 Å². The van der Waals surface area contributed by atoms with Gasteiger partial charge in [-0.1, -0.05) is 0 Å². The van der Waals surface area contributed by atoms with Crippen LogP contribution in [0.4, 0.5) is 0 Å². The van der Waals surface area contributed by atoms with E-state index in [0.717, 1.165) is 0 Å². The molecule has 1 aromatic rings. The highest BCUT2D eigenvalue weighted by atomic mass is 16.6. The molecule has 0 spiro atoms. The summed E-state index contributed by atoms with van der Waals surface area (Å²) in [6.07, 6.45) is 0. The van der Waals surface area contributed by atoms with Gasteiger partial charge in [0.2, 0.25) is 0 Å². The van der Waals surface area contributed by atoms with E-state index < -0.39 is 0 Å². The minimum Gasteiger partial charge on any atom is -0.491 e. The molecule has 0 bridgehead atoms. The summed E-state index contributed by atoms with van der Waals surface area (Å²) < 4.78 is 31.4. The molecule has 148 valence electrons. The van der Waals surface area contributed by atoms with Crippen LogP contribution < -0.4 is 10.5 Å². The highest BCUT2D eigenvalue weighted by Crippen LogP contribution is 2.12. The van der Waals surface area contributed by atoms with E-state index in [0.29, 0.717) is 77.3 Å². The zero-order valence-corrected chi connectivity index (χ0v) is 15.3. The van der Waals surface area contributed by atoms with Crippen LogP contribution >= 0.6 is 0 Å². The van der Waals surface area contributed by atoms with Crippen LogP contribution in [-0.2, 0) is 23.7 Å². The van der Waals surface area contributed by atoms with Crippen LogP contribution in [0.2, 0.25) is 0 Å². The van der Waals surface area contributed by atoms with Crippen molar-refractivity contribution >= 4 is 5.97 Å². The topological polar surface area (TPSA) is 98.5 Å². The molecule has 0 radical (unpaired) electrons. The number of carbonyl (C=O) groups is 1. The molecule has 0 atom stereocenters. The molecule has 0 aliphatic heterocycles. The monoisotopic (exact) mass is 371 g/mol. The molecule has 0 aliphatic carbocycles. The van der Waals surface area contributed by atoms with Crippen LogP contribution in [0.25, 0.3) is 0 Å². The van der Waals surface area contributed by atoms with Gasteiger partial charge in [-0.15, -0.1) is 0 Å². The molecule has 1 rings (SSSR count). The van der Waals surface area contributed by atoms with Crippen molar-refractivity contribution < 1.29 is 33.2 Å². The fraction of sp³-hybridized carbons (Fsp3) is 0.611. The summed E-state index contributed by atoms with van der Waals surface area (Å²) in [4.78, 5) is 11.3. The van der Waals surface area contributed by atoms with Gasteiger partial charge in [-0.2, -0.15) is 0 Å². The summed E-state index contributed by atoms with van der Waals surface area (Å²) in [6, 6.07) is 6.75. The second-order valence-corrected chi connectivity index (χ2v) is 5.10. The number of esters is 1. The van der Waals surface area contributed by atoms with E-state index in [1.807, 2.05) is 0 Å². The maximum absolute atomic E-state index is 11.3. The molecular formula is C18H29NO7. The average molecular weight is 371 g/mol. The predicted octanol–water partition coefficient (Wildman–Crippen LogP) is 0.877. The first-order valence-corrected chi connectivity index (χ1v) is 8.60. The number of nitrogens with two attached hydrogens (primary N) is 1. The molecule has 0 amide bonds. The van der Waals surface area contributed by atoms with Gasteiger partial charge in [-0.25, -0.2) is 4.79 Å². The Balaban J connectivity index is 1.88. The number of rotatable bonds is 16. The standard InChI is InChI=1S/C18H29NO7/c1-21-18(20)16-2-4-17(5-3-16)26-15-14-25-13-12-24-11-10-23-9-8-22-7-6-19/h2-5H,6-15,19H2,1H3. The lowest BCUT2D eigenvalue weighted by Crippen LogP contribution is -2.15. The lowest BCUT2D eigenvalue weighted by atomic mass is 10.2. The molecule has 8 nitrogen and oxygen atoms in total. The molecule has 0 aliphatic rings. The van der Waals surface area contributed by atoms with Crippen LogP contribution in [0.1, 0.15) is 10.4 Å². The molecule has 0 saturated heterocycles. The SMILES string of the molecule is COC(=O)c1ccc(OCCOCCOCCOCCOCCN)cc1. The lowest BCUT2D eigenvalue weighted by molar-refractivity contribution is -0.00387. The molecular weight excluding hydrogens is 342 g/mol. The molecule has 0 saturated carbocycles. The third-order valence-electron chi connectivity index (χ3n) is 3.15. The summed E-state index contributed by atoms with van der Waals surface area (Å²) in [5, 5.41) is 0. The molecule has 0 heterocycles. The summed E-state index contributed by atoms with van der Waals surface area (Å²) in [5.74, 6) is 0.301. The third kappa shape index (κ3) is 11.0. The largest absolute Gasteiger partial charge is 0.491 e. The van der Waals surface area contributed by atoms with Crippen molar-refractivity contribution in [3.63, 3.8) is 0 Å². The van der Waals surface area contributed by atoms with Crippen molar-refractivity contribution in [2.45, 2.75) is 0 Å². The van der Waals surface area contributed by atoms with Crippen molar-refractivity contribution in [2.75, 3.05) is 73.1 Å². The normalized spacial score (nSPS) is 10.7. The fourth-order valence-corrected chi connectivity index (χ4v) is 1.87. The summed E-state index contributed by atoms with van der Waals surface area (Å²) in [6.45, 7) is 5.07. The van der Waals surface area contributed by atoms with Crippen molar-refractivity contribution in [1.82, 2.24) is 0 Å². The van der Waals surface area contributed by atoms with Gasteiger partial charge in [0.05, 0.1) is 65.5 Å². The van der Waals surface area contributed by atoms with Gasteiger partial charge in [0.25, 0.3) is 0 Å². The average Bonchev–Trinajstić information content (AvgIpc) is 2.68. The van der Waals surface area contributed by atoms with Crippen LogP contribution in [0.3, 0.4) is 0 Å². The van der Waals surface area contributed by atoms with E-state index in [9.17, 15) is 4.79 Å². The second-order valence-electron chi connectivity index (χ2n) is 5.10. The Morgan fingerprint density at radius 2 is 1.23 bits per heavy atom. The first-order valence-electron chi connectivity index (χ1n) is 8.60. The van der Waals surface area contributed by atoms with Gasteiger partial charge >= 0.3 is 5.97 Å². The molecule has 0 aromatic heterocycles. The van der Waals surface area contributed by atoms with Crippen LogP contribution in [-0.4, -0.2) is 79.1 Å². The number of methoxy groups -OCH3 is 1. The Bertz CT molecular complexity index is 467. The quantitative estimate of drug-likeness (QED) is 0.338. The van der Waals surface area contributed by atoms with E-state index in [1.165, 1.54) is 7.11 Å². The number of ether oxygens (including phenoxy) is 6. The Kier molecular flexibility index (Phi) is 13.3. The van der Waals surface area contributed by atoms with Gasteiger partial charge in [-0.05, 0) is 24.3 Å². The first-order chi connectivity index (χ1) is 12.8. The Hall–Kier alpha value is -1.71. The van der Waals surface area contributed by atoms with E-state index in [2.05, 4.69) is 4.74 Å². The van der Waals surface area contributed by atoms with Crippen molar-refractivity contribution in [3.8, 4) is 5.75 Å². The lowest BCUT2D eigenvalue weighted by Gasteiger charge is -2.08. The zero-order valence-electron chi connectivity index (χ0n) is 15.3. The Labute approximate surface area is 154 Å². The highest BCUT2D eigenvalue weighted by Gasteiger charge is 2.04. The maximum atomic E-state index is 11.3. The third-order valence-corrected chi connectivity index (χ3v) is 3.15. The Morgan fingerprint density at radius 1 is 0.769 bits per heavy atom. The number of carbonyl (C=O) groups excluding carboxylic acids is 1. The highest BCUT2D eigenvalue weighted by molar-refractivity contribution is 5.89. The number of hydrogen-bond donors (Lipinski definition) is 1. The summed E-state index contributed by atoms with van der Waals surface area (Å²) in [7, 11) is 1.35. The molecule has 0 unspecified atom stereocenters. The van der Waals surface area contributed by atoms with Gasteiger partial charge in [0.1, 0.15) is 12.4 Å². The smallest absolute Gasteiger partial charge is 0.337 e. The second kappa shape index (κ2) is 15.5. The van der Waals surface area contributed by atoms with E-state index in [-0.39, 0.29) is 5.97 Å². The minimum atomic E-state index is -0.370.